The van der Waals surface area contributed by atoms with Gasteiger partial charge in [0, 0.05) is 24.5 Å². The summed E-state index contributed by atoms with van der Waals surface area (Å²) in [6.07, 6.45) is 4.81. The number of carboxylic acid groups (broad SMARTS) is 1. The topological polar surface area (TPSA) is 108 Å². The SMILES string of the molecule is CCN(CC(=O)O)C1CC(NC(=O)c2sc(-c3ncccn3)nc2C)C1. The zero-order valence-electron chi connectivity index (χ0n) is 14.7. The van der Waals surface area contributed by atoms with Gasteiger partial charge in [-0.15, -0.1) is 11.3 Å². The lowest BCUT2D eigenvalue weighted by Gasteiger charge is -2.42. The van der Waals surface area contributed by atoms with Gasteiger partial charge < -0.3 is 10.4 Å². The van der Waals surface area contributed by atoms with E-state index >= 15 is 0 Å². The molecule has 26 heavy (non-hydrogen) atoms. The Labute approximate surface area is 155 Å². The van der Waals surface area contributed by atoms with Crippen molar-refractivity contribution in [3.05, 3.63) is 29.0 Å². The average Bonchev–Trinajstić information content (AvgIpc) is 2.98. The Hall–Kier alpha value is -2.39. The van der Waals surface area contributed by atoms with Crippen LogP contribution in [0.5, 0.6) is 0 Å². The average molecular weight is 375 g/mol. The number of nitrogens with zero attached hydrogens (tertiary/aromatic N) is 4. The molecule has 138 valence electrons. The van der Waals surface area contributed by atoms with Gasteiger partial charge in [0.25, 0.3) is 5.91 Å². The number of carbonyl (C=O) groups is 2. The third kappa shape index (κ3) is 4.05. The van der Waals surface area contributed by atoms with Crippen molar-refractivity contribution in [2.75, 3.05) is 13.1 Å². The molecule has 0 aliphatic heterocycles. The second kappa shape index (κ2) is 7.88. The van der Waals surface area contributed by atoms with E-state index in [1.54, 1.807) is 25.4 Å². The summed E-state index contributed by atoms with van der Waals surface area (Å²) < 4.78 is 0. The Morgan fingerprint density at radius 2 is 2.04 bits per heavy atom. The highest BCUT2D eigenvalue weighted by molar-refractivity contribution is 7.17. The molecule has 0 unspecified atom stereocenters. The molecule has 0 atom stereocenters. The van der Waals surface area contributed by atoms with E-state index in [1.165, 1.54) is 11.3 Å². The number of amides is 1. The maximum absolute atomic E-state index is 12.5. The van der Waals surface area contributed by atoms with E-state index in [2.05, 4.69) is 20.3 Å². The highest BCUT2D eigenvalue weighted by Gasteiger charge is 2.35. The van der Waals surface area contributed by atoms with Crippen LogP contribution < -0.4 is 5.32 Å². The number of carbonyl (C=O) groups excluding carboxylic acids is 1. The number of aliphatic carboxylic acids is 1. The van der Waals surface area contributed by atoms with Gasteiger partial charge in [0.05, 0.1) is 12.2 Å². The van der Waals surface area contributed by atoms with Crippen molar-refractivity contribution < 1.29 is 14.7 Å². The van der Waals surface area contributed by atoms with Gasteiger partial charge in [0.1, 0.15) is 4.88 Å². The van der Waals surface area contributed by atoms with Crippen molar-refractivity contribution in [1.82, 2.24) is 25.2 Å². The number of aryl methyl sites for hydroxylation is 1. The number of carboxylic acids is 1. The third-order valence-electron chi connectivity index (χ3n) is 4.47. The van der Waals surface area contributed by atoms with Crippen molar-refractivity contribution in [1.29, 1.82) is 0 Å². The molecule has 0 saturated heterocycles. The van der Waals surface area contributed by atoms with Crippen molar-refractivity contribution in [3.8, 4) is 10.8 Å². The minimum Gasteiger partial charge on any atom is -0.480 e. The monoisotopic (exact) mass is 375 g/mol. The van der Waals surface area contributed by atoms with Gasteiger partial charge in [0.15, 0.2) is 10.8 Å². The summed E-state index contributed by atoms with van der Waals surface area (Å²) in [7, 11) is 0. The minimum atomic E-state index is -0.824. The zero-order valence-corrected chi connectivity index (χ0v) is 15.5. The molecule has 3 rings (SSSR count). The highest BCUT2D eigenvalue weighted by Crippen LogP contribution is 2.28. The summed E-state index contributed by atoms with van der Waals surface area (Å²) in [5.41, 5.74) is 0.659. The predicted molar refractivity (Wildman–Crippen MR) is 97.0 cm³/mol. The first kappa shape index (κ1) is 18.4. The van der Waals surface area contributed by atoms with E-state index in [-0.39, 0.29) is 24.5 Å². The Kier molecular flexibility index (Phi) is 5.58. The summed E-state index contributed by atoms with van der Waals surface area (Å²) >= 11 is 1.28. The van der Waals surface area contributed by atoms with Gasteiger partial charge in [-0.2, -0.15) is 0 Å². The normalized spacial score (nSPS) is 19.2. The van der Waals surface area contributed by atoms with Crippen LogP contribution in [-0.4, -0.2) is 62.0 Å². The van der Waals surface area contributed by atoms with Gasteiger partial charge in [-0.1, -0.05) is 6.92 Å². The molecule has 2 N–H and O–H groups in total. The first-order chi connectivity index (χ1) is 12.5. The van der Waals surface area contributed by atoms with Crippen LogP contribution in [0.25, 0.3) is 10.8 Å². The molecule has 2 aromatic rings. The second-order valence-corrected chi connectivity index (χ2v) is 7.26. The fourth-order valence-electron chi connectivity index (χ4n) is 3.04. The molecule has 0 aromatic carbocycles. The molecule has 0 bridgehead atoms. The molecule has 1 saturated carbocycles. The van der Waals surface area contributed by atoms with Gasteiger partial charge in [-0.3, -0.25) is 14.5 Å². The quantitative estimate of drug-likeness (QED) is 0.756. The zero-order chi connectivity index (χ0) is 18.7. The van der Waals surface area contributed by atoms with Crippen LogP contribution >= 0.6 is 11.3 Å². The second-order valence-electron chi connectivity index (χ2n) is 6.26. The maximum atomic E-state index is 12.5. The molecule has 8 nitrogen and oxygen atoms in total. The van der Waals surface area contributed by atoms with Crippen molar-refractivity contribution in [2.45, 2.75) is 38.8 Å². The Bertz CT molecular complexity index is 789. The first-order valence-electron chi connectivity index (χ1n) is 8.49. The molecule has 1 fully saturated rings. The number of rotatable bonds is 7. The lowest BCUT2D eigenvalue weighted by molar-refractivity contribution is -0.139. The molecule has 1 amide bonds. The third-order valence-corrected chi connectivity index (χ3v) is 5.62. The number of hydrogen-bond donors (Lipinski definition) is 2. The standard InChI is InChI=1S/C17H21N5O3S/c1-3-22(9-13(23)24)12-7-11(8-12)21-16(25)14-10(2)20-17(26-14)15-18-5-4-6-19-15/h4-6,11-12H,3,7-9H2,1-2H3,(H,21,25)(H,23,24). The Morgan fingerprint density at radius 3 is 2.65 bits per heavy atom. The molecule has 0 spiro atoms. The molecule has 2 aromatic heterocycles. The van der Waals surface area contributed by atoms with Crippen molar-refractivity contribution >= 4 is 23.2 Å². The van der Waals surface area contributed by atoms with E-state index in [0.29, 0.717) is 27.9 Å². The predicted octanol–water partition coefficient (Wildman–Crippen LogP) is 1.58. The van der Waals surface area contributed by atoms with E-state index in [0.717, 1.165) is 12.8 Å². The Balaban J connectivity index is 1.58. The minimum absolute atomic E-state index is 0.0379. The lowest BCUT2D eigenvalue weighted by Crippen LogP contribution is -2.54. The number of hydrogen-bond acceptors (Lipinski definition) is 7. The van der Waals surface area contributed by atoms with Crippen LogP contribution in [0.1, 0.15) is 35.1 Å². The van der Waals surface area contributed by atoms with Crippen LogP contribution in [-0.2, 0) is 4.79 Å². The van der Waals surface area contributed by atoms with E-state index in [4.69, 9.17) is 5.11 Å². The van der Waals surface area contributed by atoms with Crippen LogP contribution in [0, 0.1) is 6.92 Å². The highest BCUT2D eigenvalue weighted by atomic mass is 32.1. The summed E-state index contributed by atoms with van der Waals surface area (Å²) in [6, 6.07) is 2.00. The van der Waals surface area contributed by atoms with Gasteiger partial charge in [-0.25, -0.2) is 15.0 Å². The van der Waals surface area contributed by atoms with Crippen molar-refractivity contribution in [2.24, 2.45) is 0 Å². The first-order valence-corrected chi connectivity index (χ1v) is 9.31. The van der Waals surface area contributed by atoms with E-state index in [9.17, 15) is 9.59 Å². The smallest absolute Gasteiger partial charge is 0.317 e. The lowest BCUT2D eigenvalue weighted by atomic mass is 9.85. The van der Waals surface area contributed by atoms with Crippen LogP contribution in [0.4, 0.5) is 0 Å². The molecule has 9 heteroatoms. The summed E-state index contributed by atoms with van der Waals surface area (Å²) in [5.74, 6) is -0.460. The van der Waals surface area contributed by atoms with Crippen molar-refractivity contribution in [3.63, 3.8) is 0 Å². The number of aromatic nitrogens is 3. The molecular weight excluding hydrogens is 354 g/mol. The number of likely N-dealkylation sites (N-methyl/N-ethyl adjacent to an activating group) is 1. The molecular formula is C17H21N5O3S. The molecule has 2 heterocycles. The van der Waals surface area contributed by atoms with Crippen LogP contribution in [0.15, 0.2) is 18.5 Å². The number of thiazole rings is 1. The maximum Gasteiger partial charge on any atom is 0.317 e. The Morgan fingerprint density at radius 1 is 1.35 bits per heavy atom. The molecule has 1 aliphatic carbocycles. The van der Waals surface area contributed by atoms with Gasteiger partial charge in [0.2, 0.25) is 0 Å². The summed E-state index contributed by atoms with van der Waals surface area (Å²) in [4.78, 5) is 38.7. The number of nitrogens with one attached hydrogen (secondary N) is 1. The molecule has 1 aliphatic rings. The van der Waals surface area contributed by atoms with E-state index in [1.807, 2.05) is 11.8 Å². The van der Waals surface area contributed by atoms with Gasteiger partial charge >= 0.3 is 5.97 Å². The summed E-state index contributed by atoms with van der Waals surface area (Å²) in [5, 5.41) is 12.6. The van der Waals surface area contributed by atoms with Gasteiger partial charge in [-0.05, 0) is 32.4 Å². The fraction of sp³-hybridized carbons (Fsp3) is 0.471. The molecule has 0 radical (unpaired) electrons. The van der Waals surface area contributed by atoms with E-state index < -0.39 is 5.97 Å². The van der Waals surface area contributed by atoms with Crippen LogP contribution in [0.2, 0.25) is 0 Å². The fourth-order valence-corrected chi connectivity index (χ4v) is 3.96. The largest absolute Gasteiger partial charge is 0.480 e. The van der Waals surface area contributed by atoms with Crippen LogP contribution in [0.3, 0.4) is 0 Å². The summed E-state index contributed by atoms with van der Waals surface area (Å²) in [6.45, 7) is 4.47.